The van der Waals surface area contributed by atoms with Crippen LogP contribution < -0.4 is 5.32 Å². The van der Waals surface area contributed by atoms with Crippen LogP contribution in [0.2, 0.25) is 0 Å². The van der Waals surface area contributed by atoms with E-state index in [1.807, 2.05) is 52.5 Å². The van der Waals surface area contributed by atoms with Crippen LogP contribution in [0, 0.1) is 17.5 Å². The van der Waals surface area contributed by atoms with Crippen molar-refractivity contribution in [2.45, 2.75) is 12.6 Å². The molecule has 0 bridgehead atoms. The lowest BCUT2D eigenvalue weighted by Gasteiger charge is -2.15. The first-order valence-corrected chi connectivity index (χ1v) is 7.38. The van der Waals surface area contributed by atoms with Gasteiger partial charge < -0.3 is 9.88 Å². The van der Waals surface area contributed by atoms with E-state index in [1.165, 1.54) is 0 Å². The van der Waals surface area contributed by atoms with Gasteiger partial charge in [0.15, 0.2) is 23.5 Å². The van der Waals surface area contributed by atoms with Crippen molar-refractivity contribution in [3.05, 3.63) is 89.0 Å². The summed E-state index contributed by atoms with van der Waals surface area (Å²) in [6.07, 6.45) is 1.93. The number of para-hydroxylation sites is 1. The number of hydrogen-bond donors (Lipinski definition) is 1. The summed E-state index contributed by atoms with van der Waals surface area (Å²) in [6.45, 7) is 0.670. The molecule has 116 valence electrons. The summed E-state index contributed by atoms with van der Waals surface area (Å²) in [5.41, 5.74) is 3.50. The molecule has 0 fully saturated rings. The first kappa shape index (κ1) is 14.1. The Morgan fingerprint density at radius 3 is 2.48 bits per heavy atom. The molecule has 2 N–H and O–H groups in total. The number of hydrogen-bond acceptors (Lipinski definition) is 0. The summed E-state index contributed by atoms with van der Waals surface area (Å²) in [5.74, 6) is -3.75. The normalized spacial score (nSPS) is 16.6. The number of aromatic nitrogens is 1. The first-order chi connectivity index (χ1) is 11.1. The van der Waals surface area contributed by atoms with Crippen molar-refractivity contribution in [3.63, 3.8) is 0 Å². The summed E-state index contributed by atoms with van der Waals surface area (Å²) >= 11 is 0. The van der Waals surface area contributed by atoms with Crippen LogP contribution in [0.4, 0.5) is 13.2 Å². The minimum atomic E-state index is -1.43. The van der Waals surface area contributed by atoms with E-state index in [9.17, 15) is 13.2 Å². The summed E-state index contributed by atoms with van der Waals surface area (Å²) in [7, 11) is 0. The predicted molar refractivity (Wildman–Crippen MR) is 79.6 cm³/mol. The van der Waals surface area contributed by atoms with E-state index in [-0.39, 0.29) is 6.04 Å². The lowest BCUT2D eigenvalue weighted by atomic mass is 10.0. The average molecular weight is 315 g/mol. The van der Waals surface area contributed by atoms with Gasteiger partial charge in [-0.1, -0.05) is 18.2 Å². The topological polar surface area (TPSA) is 21.5 Å². The van der Waals surface area contributed by atoms with Gasteiger partial charge in [0, 0.05) is 17.3 Å². The third-order valence-corrected chi connectivity index (χ3v) is 4.29. The summed E-state index contributed by atoms with van der Waals surface area (Å²) in [4.78, 5) is 0. The Kier molecular flexibility index (Phi) is 3.23. The van der Waals surface area contributed by atoms with Crippen LogP contribution >= 0.6 is 0 Å². The molecule has 0 aliphatic carbocycles. The molecule has 0 spiro atoms. The molecule has 0 saturated carbocycles. The zero-order valence-corrected chi connectivity index (χ0v) is 12.1. The number of halogens is 3. The van der Waals surface area contributed by atoms with Crippen molar-refractivity contribution in [2.75, 3.05) is 0 Å². The maximum atomic E-state index is 13.6. The Balaban J connectivity index is 1.87. The Morgan fingerprint density at radius 1 is 0.957 bits per heavy atom. The largest absolute Gasteiger partial charge is 0.331 e. The SMILES string of the molecule is Fc1cc([C@H]2[NH2+]Cc3ccccc3-n3cccc32)cc(F)c1F. The molecule has 0 radical (unpaired) electrons. The third-order valence-electron chi connectivity index (χ3n) is 4.29. The van der Waals surface area contributed by atoms with Gasteiger partial charge in [-0.3, -0.25) is 0 Å². The highest BCUT2D eigenvalue weighted by Crippen LogP contribution is 2.28. The van der Waals surface area contributed by atoms with Crippen molar-refractivity contribution in [1.29, 1.82) is 0 Å². The minimum Gasteiger partial charge on any atom is -0.331 e. The van der Waals surface area contributed by atoms with Gasteiger partial charge in [0.25, 0.3) is 0 Å². The number of rotatable bonds is 1. The van der Waals surface area contributed by atoms with Crippen LogP contribution in [0.15, 0.2) is 54.7 Å². The maximum Gasteiger partial charge on any atom is 0.194 e. The molecule has 2 nitrogen and oxygen atoms in total. The highest BCUT2D eigenvalue weighted by Gasteiger charge is 2.27. The van der Waals surface area contributed by atoms with Crippen molar-refractivity contribution in [1.82, 2.24) is 4.57 Å². The molecule has 0 amide bonds. The van der Waals surface area contributed by atoms with Crippen molar-refractivity contribution >= 4 is 0 Å². The monoisotopic (exact) mass is 315 g/mol. The summed E-state index contributed by atoms with van der Waals surface area (Å²) < 4.78 is 42.5. The molecule has 23 heavy (non-hydrogen) atoms. The average Bonchev–Trinajstić information content (AvgIpc) is 2.96. The van der Waals surface area contributed by atoms with Gasteiger partial charge >= 0.3 is 0 Å². The van der Waals surface area contributed by atoms with Crippen LogP contribution in [0.25, 0.3) is 5.69 Å². The van der Waals surface area contributed by atoms with E-state index < -0.39 is 17.5 Å². The quantitative estimate of drug-likeness (QED) is 0.667. The number of benzene rings is 2. The zero-order valence-electron chi connectivity index (χ0n) is 12.1. The van der Waals surface area contributed by atoms with Gasteiger partial charge in [-0.05, 0) is 30.3 Å². The van der Waals surface area contributed by atoms with Gasteiger partial charge in [0.1, 0.15) is 6.54 Å². The lowest BCUT2D eigenvalue weighted by Crippen LogP contribution is -2.83. The highest BCUT2D eigenvalue weighted by atomic mass is 19.2. The van der Waals surface area contributed by atoms with Crippen LogP contribution in [0.5, 0.6) is 0 Å². The number of nitrogens with zero attached hydrogens (tertiary/aromatic N) is 1. The molecule has 0 unspecified atom stereocenters. The smallest absolute Gasteiger partial charge is 0.194 e. The molecule has 2 aromatic carbocycles. The van der Waals surface area contributed by atoms with E-state index in [1.54, 1.807) is 0 Å². The van der Waals surface area contributed by atoms with Crippen molar-refractivity contribution < 1.29 is 18.5 Å². The molecule has 2 heterocycles. The molecular weight excluding hydrogens is 301 g/mol. The van der Waals surface area contributed by atoms with Gasteiger partial charge in [-0.15, -0.1) is 0 Å². The van der Waals surface area contributed by atoms with E-state index >= 15 is 0 Å². The number of nitrogens with two attached hydrogens (primary N) is 1. The molecule has 1 aliphatic heterocycles. The Labute approximate surface area is 131 Å². The Hall–Kier alpha value is -2.53. The number of quaternary nitrogens is 1. The minimum absolute atomic E-state index is 0.304. The predicted octanol–water partition coefficient (Wildman–Crippen LogP) is 3.06. The van der Waals surface area contributed by atoms with E-state index in [0.29, 0.717) is 12.1 Å². The fraction of sp³-hybridized carbons (Fsp3) is 0.111. The van der Waals surface area contributed by atoms with Gasteiger partial charge in [-0.25, -0.2) is 13.2 Å². The van der Waals surface area contributed by atoms with Crippen molar-refractivity contribution in [2.24, 2.45) is 0 Å². The Morgan fingerprint density at radius 2 is 1.70 bits per heavy atom. The van der Waals surface area contributed by atoms with Gasteiger partial charge in [0.2, 0.25) is 0 Å². The molecule has 1 atom stereocenters. The lowest BCUT2D eigenvalue weighted by molar-refractivity contribution is -0.702. The molecule has 4 rings (SSSR count). The van der Waals surface area contributed by atoms with Crippen LogP contribution in [-0.4, -0.2) is 4.57 Å². The molecular formula is C18H14F3N2+. The van der Waals surface area contributed by atoms with E-state index in [2.05, 4.69) is 0 Å². The fourth-order valence-electron chi connectivity index (χ4n) is 3.21. The first-order valence-electron chi connectivity index (χ1n) is 7.38. The summed E-state index contributed by atoms with van der Waals surface area (Å²) in [6, 6.07) is 13.6. The van der Waals surface area contributed by atoms with Gasteiger partial charge in [0.05, 0.1) is 11.4 Å². The van der Waals surface area contributed by atoms with Gasteiger partial charge in [-0.2, -0.15) is 0 Å². The second kappa shape index (κ2) is 5.28. The van der Waals surface area contributed by atoms with Crippen LogP contribution in [-0.2, 0) is 6.54 Å². The number of fused-ring (bicyclic) bond motifs is 3. The third kappa shape index (κ3) is 2.24. The molecule has 5 heteroatoms. The zero-order chi connectivity index (χ0) is 16.0. The van der Waals surface area contributed by atoms with Crippen molar-refractivity contribution in [3.8, 4) is 5.69 Å². The highest BCUT2D eigenvalue weighted by molar-refractivity contribution is 5.45. The molecule has 1 aromatic heterocycles. The molecule has 1 aliphatic rings. The second-order valence-corrected chi connectivity index (χ2v) is 5.65. The molecule has 3 aromatic rings. The Bertz CT molecular complexity index is 862. The maximum absolute atomic E-state index is 13.6. The standard InChI is InChI=1S/C18H13F3N2/c19-13-8-12(9-14(20)17(13)21)18-16-6-3-7-23(16)15-5-2-1-4-11(15)10-22-18/h1-9,18,22H,10H2/p+1/t18-/m1/s1. The van der Waals surface area contributed by atoms with Crippen LogP contribution in [0.3, 0.4) is 0 Å². The summed E-state index contributed by atoms with van der Waals surface area (Å²) in [5, 5.41) is 2.00. The van der Waals surface area contributed by atoms with E-state index in [4.69, 9.17) is 0 Å². The molecule has 0 saturated heterocycles. The fourth-order valence-corrected chi connectivity index (χ4v) is 3.21. The van der Waals surface area contributed by atoms with E-state index in [0.717, 1.165) is 29.1 Å². The second-order valence-electron chi connectivity index (χ2n) is 5.65. The van der Waals surface area contributed by atoms with Crippen LogP contribution in [0.1, 0.15) is 22.9 Å².